The van der Waals surface area contributed by atoms with Crippen molar-refractivity contribution < 1.29 is 32.8 Å². The third-order valence-corrected chi connectivity index (χ3v) is 6.46. The Kier molecular flexibility index (Phi) is 9.09. The van der Waals surface area contributed by atoms with Gasteiger partial charge in [-0.15, -0.1) is 0 Å². The zero-order valence-corrected chi connectivity index (χ0v) is 21.2. The molecule has 38 heavy (non-hydrogen) atoms. The predicted molar refractivity (Wildman–Crippen MR) is 129 cm³/mol. The van der Waals surface area contributed by atoms with E-state index in [2.05, 4.69) is 20.3 Å². The number of primary amides is 1. The fourth-order valence-electron chi connectivity index (χ4n) is 3.73. The fraction of sp³-hybridized carbons (Fsp3) is 0.429. The number of carbonyl (C=O) groups excluding carboxylic acids is 2. The lowest BCUT2D eigenvalue weighted by Gasteiger charge is -2.25. The third kappa shape index (κ3) is 7.54. The molecule has 1 aliphatic rings. The number of amides is 2. The Labute approximate surface area is 215 Å². The number of hydrogen-bond acceptors (Lipinski definition) is 10. The smallest absolute Gasteiger partial charge is 0.330 e. The first-order valence-electron chi connectivity index (χ1n) is 11.2. The van der Waals surface area contributed by atoms with Crippen molar-refractivity contribution in [1.82, 2.24) is 14.9 Å². The number of nitrogens with two attached hydrogens (primary N) is 1. The minimum absolute atomic E-state index is 0.0275. The molecule has 2 heterocycles. The van der Waals surface area contributed by atoms with Crippen LogP contribution in [0.3, 0.4) is 0 Å². The van der Waals surface area contributed by atoms with Gasteiger partial charge >= 0.3 is 13.5 Å². The Morgan fingerprint density at radius 1 is 1.39 bits per heavy atom. The maximum Gasteiger partial charge on any atom is 0.330 e. The average Bonchev–Trinajstić information content (AvgIpc) is 3.23. The highest BCUT2D eigenvalue weighted by Gasteiger charge is 2.37. The number of phosphoric acid groups is 1. The number of aryl methyl sites for hydroxylation is 1. The quantitative estimate of drug-likeness (QED) is 0.146. The van der Waals surface area contributed by atoms with Gasteiger partial charge in [0.2, 0.25) is 11.8 Å². The summed E-state index contributed by atoms with van der Waals surface area (Å²) in [5.74, 6) is -1.25. The van der Waals surface area contributed by atoms with Crippen molar-refractivity contribution in [1.29, 1.82) is 0 Å². The molecule has 1 unspecified atom stereocenters. The van der Waals surface area contributed by atoms with Crippen LogP contribution in [0.1, 0.15) is 30.7 Å². The normalized spacial score (nSPS) is 21.1. The molecule has 1 fully saturated rings. The number of rotatable bonds is 11. The number of benzene rings is 1. The van der Waals surface area contributed by atoms with E-state index in [4.69, 9.17) is 25.0 Å². The highest BCUT2D eigenvalue weighted by atomic mass is 31.2. The van der Waals surface area contributed by atoms with Crippen LogP contribution in [-0.4, -0.2) is 46.2 Å². The van der Waals surface area contributed by atoms with E-state index in [1.165, 1.54) is 44.3 Å². The van der Waals surface area contributed by atoms with E-state index in [0.29, 0.717) is 5.56 Å². The van der Waals surface area contributed by atoms with Crippen molar-refractivity contribution >= 4 is 19.6 Å². The maximum absolute atomic E-state index is 12.4. The van der Waals surface area contributed by atoms with Gasteiger partial charge in [-0.25, -0.2) is 4.79 Å². The first kappa shape index (κ1) is 28.6. The molecule has 1 aromatic heterocycles. The van der Waals surface area contributed by atoms with E-state index in [-0.39, 0.29) is 24.2 Å². The third-order valence-electron chi connectivity index (χ3n) is 5.56. The largest absolute Gasteiger partial charge is 0.746 e. The van der Waals surface area contributed by atoms with Gasteiger partial charge in [0, 0.05) is 36.4 Å². The molecule has 0 bridgehead atoms. The molecule has 0 spiro atoms. The lowest BCUT2D eigenvalue weighted by Crippen LogP contribution is -2.44. The average molecular weight is 550 g/mol. The Morgan fingerprint density at radius 2 is 2.08 bits per heavy atom. The van der Waals surface area contributed by atoms with Crippen LogP contribution in [0.5, 0.6) is 5.75 Å². The molecule has 4 N–H and O–H groups in total. The van der Waals surface area contributed by atoms with Crippen LogP contribution in [0.2, 0.25) is 0 Å². The molecule has 2 amide bonds. The molecule has 0 radical (unpaired) electrons. The fourth-order valence-corrected chi connectivity index (χ4v) is 4.50. The second-order valence-electron chi connectivity index (χ2n) is 8.45. The highest BCUT2D eigenvalue weighted by Crippen LogP contribution is 2.41. The van der Waals surface area contributed by atoms with Gasteiger partial charge in [0.05, 0.1) is 18.8 Å². The van der Waals surface area contributed by atoms with Crippen molar-refractivity contribution in [3.8, 4) is 5.75 Å². The maximum atomic E-state index is 12.4. The first-order valence-corrected chi connectivity index (χ1v) is 12.7. The van der Waals surface area contributed by atoms with Gasteiger partial charge < -0.3 is 29.7 Å². The van der Waals surface area contributed by atoms with E-state index in [1.807, 2.05) is 0 Å². The van der Waals surface area contributed by atoms with Gasteiger partial charge in [0.15, 0.2) is 0 Å². The molecule has 2 aromatic rings. The second kappa shape index (κ2) is 12.1. The summed E-state index contributed by atoms with van der Waals surface area (Å²) < 4.78 is 29.1. The van der Waals surface area contributed by atoms with E-state index in [1.54, 1.807) is 0 Å². The van der Waals surface area contributed by atoms with Gasteiger partial charge in [-0.1, -0.05) is 17.2 Å². The van der Waals surface area contributed by atoms with Crippen LogP contribution in [0.25, 0.3) is 10.4 Å². The lowest BCUT2D eigenvalue weighted by molar-refractivity contribution is -0.219. The number of aromatic amines is 1. The van der Waals surface area contributed by atoms with Crippen molar-refractivity contribution in [2.75, 3.05) is 6.61 Å². The van der Waals surface area contributed by atoms with Crippen molar-refractivity contribution in [2.24, 2.45) is 10.8 Å². The van der Waals surface area contributed by atoms with Gasteiger partial charge in [0.25, 0.3) is 5.56 Å². The molecule has 1 saturated heterocycles. The molecular weight excluding hydrogens is 525 g/mol. The topological polar surface area (TPSA) is 244 Å². The van der Waals surface area contributed by atoms with E-state index < -0.39 is 61.9 Å². The summed E-state index contributed by atoms with van der Waals surface area (Å²) in [6.45, 7) is 2.16. The summed E-state index contributed by atoms with van der Waals surface area (Å²) >= 11 is 0. The Hall–Kier alpha value is -3.94. The standard InChI is InChI=1S/C21H26N7O9P/c1-11-9-28(21(32)25-20(11)31)18-8-15(26-27-23)17(36-18)10-35-38(33,34)37-14-5-3-13(4-6-14)7-16(19(22)30)24-12(2)29/h3-6,9,15-18H,7-8,10H2,1-2H3,(H2,22,30)(H,24,29)(H,33,34)(H,25,31,32)/p-1/t15-,16-,17+,18+/m0/s1. The van der Waals surface area contributed by atoms with Crippen LogP contribution in [0.4, 0.5) is 0 Å². The van der Waals surface area contributed by atoms with Gasteiger partial charge in [-0.3, -0.25) is 28.5 Å². The van der Waals surface area contributed by atoms with Gasteiger partial charge in [-0.2, -0.15) is 0 Å². The van der Waals surface area contributed by atoms with Crippen molar-refractivity contribution in [3.05, 3.63) is 72.9 Å². The SMILES string of the molecule is CC(=O)N[C@@H](Cc1ccc(OP(=O)([O-])OC[C@H]2O[C@@H](n3cc(C)c(=O)[nH]c3=O)C[C@@H]2N=[N+]=[N-])cc1)C(N)=O. The molecular formula is C21H25N7O9P-. The summed E-state index contributed by atoms with van der Waals surface area (Å²) in [4.78, 5) is 63.8. The van der Waals surface area contributed by atoms with Crippen LogP contribution < -0.4 is 31.7 Å². The first-order chi connectivity index (χ1) is 17.9. The molecule has 0 saturated carbocycles. The molecule has 1 aromatic carbocycles. The number of H-pyrrole nitrogens is 1. The molecule has 0 aliphatic carbocycles. The molecule has 3 rings (SSSR count). The molecule has 5 atom stereocenters. The molecule has 204 valence electrons. The highest BCUT2D eigenvalue weighted by molar-refractivity contribution is 7.46. The Balaban J connectivity index is 1.63. The number of ether oxygens (including phenoxy) is 1. The van der Waals surface area contributed by atoms with Crippen LogP contribution in [0, 0.1) is 6.92 Å². The number of carbonyl (C=O) groups is 2. The van der Waals surface area contributed by atoms with E-state index in [9.17, 15) is 28.6 Å². The molecule has 1 aliphatic heterocycles. The summed E-state index contributed by atoms with van der Waals surface area (Å²) in [5.41, 5.74) is 13.7. The lowest BCUT2D eigenvalue weighted by atomic mass is 10.1. The summed E-state index contributed by atoms with van der Waals surface area (Å²) in [7, 11) is -4.92. The van der Waals surface area contributed by atoms with E-state index >= 15 is 0 Å². The predicted octanol–water partition coefficient (Wildman–Crippen LogP) is -0.0921. The van der Waals surface area contributed by atoms with Crippen molar-refractivity contribution in [2.45, 2.75) is 51.1 Å². The number of aromatic nitrogens is 2. The van der Waals surface area contributed by atoms with Gasteiger partial charge in [0.1, 0.15) is 18.0 Å². The number of nitrogens with one attached hydrogen (secondary N) is 2. The molecule has 16 nitrogen and oxygen atoms in total. The van der Waals surface area contributed by atoms with Gasteiger partial charge in [-0.05, 0) is 30.2 Å². The number of hydrogen-bond donors (Lipinski definition) is 3. The summed E-state index contributed by atoms with van der Waals surface area (Å²) in [5, 5.41) is 6.02. The molecule has 17 heteroatoms. The zero-order chi connectivity index (χ0) is 28.0. The number of azide groups is 1. The van der Waals surface area contributed by atoms with Crippen LogP contribution in [0.15, 0.2) is 45.2 Å². The Morgan fingerprint density at radius 3 is 2.68 bits per heavy atom. The van der Waals surface area contributed by atoms with Crippen molar-refractivity contribution in [3.63, 3.8) is 0 Å². The van der Waals surface area contributed by atoms with E-state index in [0.717, 1.165) is 4.57 Å². The minimum Gasteiger partial charge on any atom is -0.746 e. The summed E-state index contributed by atoms with van der Waals surface area (Å²) in [6, 6.07) is 3.81. The number of nitrogens with zero attached hydrogens (tertiary/aromatic N) is 4. The summed E-state index contributed by atoms with van der Waals surface area (Å²) in [6.07, 6.45) is -0.583. The Bertz CT molecular complexity index is 1400. The monoisotopic (exact) mass is 550 g/mol. The van der Waals surface area contributed by atoms with Crippen LogP contribution in [-0.2, 0) is 29.8 Å². The minimum atomic E-state index is -4.92. The van der Waals surface area contributed by atoms with Crippen LogP contribution >= 0.6 is 7.82 Å². The number of phosphoric ester groups is 1. The second-order valence-corrected chi connectivity index (χ2v) is 9.79. The zero-order valence-electron chi connectivity index (χ0n) is 20.3.